The minimum absolute atomic E-state index is 0.309. The van der Waals surface area contributed by atoms with Crippen LogP contribution in [-0.2, 0) is 14.8 Å². The van der Waals surface area contributed by atoms with Crippen molar-refractivity contribution >= 4 is 33.2 Å². The number of sulfonamides is 1. The summed E-state index contributed by atoms with van der Waals surface area (Å²) in [4.78, 5) is 14.9. The van der Waals surface area contributed by atoms with E-state index in [1.807, 2.05) is 0 Å². The Hall–Kier alpha value is -1.31. The largest absolute Gasteiger partial charge is 0.354 e. The van der Waals surface area contributed by atoms with E-state index in [0.717, 1.165) is 42.2 Å². The summed E-state index contributed by atoms with van der Waals surface area (Å²) in [5.41, 5.74) is 1.17. The summed E-state index contributed by atoms with van der Waals surface area (Å²) in [7, 11) is -3.64. The molecule has 1 heterocycles. The van der Waals surface area contributed by atoms with Gasteiger partial charge < -0.3 is 10.2 Å². The van der Waals surface area contributed by atoms with Gasteiger partial charge >= 0.3 is 0 Å². The van der Waals surface area contributed by atoms with E-state index in [-0.39, 0.29) is 5.91 Å². The number of carbonyl (C=O) groups is 1. The quantitative estimate of drug-likeness (QED) is 0.679. The highest BCUT2D eigenvalue weighted by Gasteiger charge is 2.30. The summed E-state index contributed by atoms with van der Waals surface area (Å²) in [5.74, 6) is -0.309. The lowest BCUT2D eigenvalue weighted by Gasteiger charge is -2.29. The summed E-state index contributed by atoms with van der Waals surface area (Å²) in [5, 5.41) is 3.29. The topological polar surface area (TPSA) is 69.7 Å². The second-order valence-electron chi connectivity index (χ2n) is 6.86. The van der Waals surface area contributed by atoms with Crippen molar-refractivity contribution in [3.05, 3.63) is 28.8 Å². The second kappa shape index (κ2) is 9.06. The summed E-state index contributed by atoms with van der Waals surface area (Å²) >= 11 is 6.03. The molecule has 0 aromatic heterocycles. The third-order valence-corrected chi connectivity index (χ3v) is 6.11. The van der Waals surface area contributed by atoms with Crippen molar-refractivity contribution in [2.75, 3.05) is 36.7 Å². The van der Waals surface area contributed by atoms with Crippen molar-refractivity contribution in [2.45, 2.75) is 39.2 Å². The van der Waals surface area contributed by atoms with Gasteiger partial charge in [0.2, 0.25) is 15.9 Å². The molecule has 26 heavy (non-hydrogen) atoms. The molecule has 1 saturated heterocycles. The first-order valence-electron chi connectivity index (χ1n) is 8.96. The van der Waals surface area contributed by atoms with Crippen LogP contribution in [0.4, 0.5) is 5.69 Å². The average Bonchev–Trinajstić information content (AvgIpc) is 3.07. The maximum atomic E-state index is 12.5. The molecule has 6 nitrogen and oxygen atoms in total. The van der Waals surface area contributed by atoms with Crippen molar-refractivity contribution in [3.8, 4) is 0 Å². The van der Waals surface area contributed by atoms with Crippen molar-refractivity contribution in [1.82, 2.24) is 10.2 Å². The molecule has 1 N–H and O–H groups in total. The minimum Gasteiger partial charge on any atom is -0.354 e. The van der Waals surface area contributed by atoms with Gasteiger partial charge in [-0.3, -0.25) is 9.10 Å². The molecule has 1 aromatic rings. The number of hydrogen-bond acceptors (Lipinski definition) is 4. The third kappa shape index (κ3) is 5.59. The molecule has 8 heteroatoms. The Bertz CT molecular complexity index is 733. The molecule has 0 radical (unpaired) electrons. The normalized spacial score (nSPS) is 16.5. The highest BCUT2D eigenvalue weighted by Crippen LogP contribution is 2.28. The van der Waals surface area contributed by atoms with Crippen LogP contribution in [0.3, 0.4) is 0 Å². The van der Waals surface area contributed by atoms with Crippen LogP contribution < -0.4 is 9.62 Å². The fraction of sp³-hybridized carbons (Fsp3) is 0.611. The van der Waals surface area contributed by atoms with Gasteiger partial charge in [-0.15, -0.1) is 0 Å². The third-order valence-electron chi connectivity index (χ3n) is 4.65. The lowest BCUT2D eigenvalue weighted by molar-refractivity contribution is -0.121. The lowest BCUT2D eigenvalue weighted by atomic mass is 10.2. The lowest BCUT2D eigenvalue weighted by Crippen LogP contribution is -2.48. The zero-order valence-electron chi connectivity index (χ0n) is 15.7. The molecule has 1 aliphatic heterocycles. The number of hydrogen-bond donors (Lipinski definition) is 1. The van der Waals surface area contributed by atoms with Crippen molar-refractivity contribution in [2.24, 2.45) is 0 Å². The molecule has 0 saturated carbocycles. The van der Waals surface area contributed by atoms with E-state index in [2.05, 4.69) is 10.2 Å². The first-order valence-corrected chi connectivity index (χ1v) is 11.2. The molecule has 1 amide bonds. The van der Waals surface area contributed by atoms with Crippen LogP contribution in [-0.4, -0.2) is 57.7 Å². The Balaban J connectivity index is 2.02. The molecular formula is C18H28ClN3O3S. The number of benzene rings is 1. The van der Waals surface area contributed by atoms with Gasteiger partial charge in [-0.25, -0.2) is 8.42 Å². The number of rotatable bonds is 8. The molecule has 0 unspecified atom stereocenters. The molecule has 146 valence electrons. The van der Waals surface area contributed by atoms with Crippen LogP contribution in [0.25, 0.3) is 0 Å². The second-order valence-corrected chi connectivity index (χ2v) is 9.15. The van der Waals surface area contributed by atoms with Crippen molar-refractivity contribution < 1.29 is 13.2 Å². The molecular weight excluding hydrogens is 374 g/mol. The maximum absolute atomic E-state index is 12.5. The fourth-order valence-electron chi connectivity index (χ4n) is 3.27. The zero-order valence-corrected chi connectivity index (χ0v) is 17.2. The van der Waals surface area contributed by atoms with Gasteiger partial charge in [-0.05, 0) is 70.4 Å². The van der Waals surface area contributed by atoms with Gasteiger partial charge in [0.15, 0.2) is 0 Å². The standard InChI is InChI=1S/C18H28ClN3O3S/c1-14-7-8-16(19)13-17(14)22(26(3,24)25)15(2)18(23)20-9-6-12-21-10-4-5-11-21/h7-8,13,15H,4-6,9-12H2,1-3H3,(H,20,23)/t15-/m1/s1. The number of nitrogens with zero attached hydrogens (tertiary/aromatic N) is 2. The monoisotopic (exact) mass is 401 g/mol. The van der Waals surface area contributed by atoms with Crippen LogP contribution in [0.5, 0.6) is 0 Å². The number of nitrogens with one attached hydrogen (secondary N) is 1. The molecule has 2 rings (SSSR count). The Kier molecular flexibility index (Phi) is 7.32. The number of likely N-dealkylation sites (tertiary alicyclic amines) is 1. The van der Waals surface area contributed by atoms with E-state index >= 15 is 0 Å². The zero-order chi connectivity index (χ0) is 19.3. The van der Waals surface area contributed by atoms with E-state index < -0.39 is 16.1 Å². The highest BCUT2D eigenvalue weighted by atomic mass is 35.5. The maximum Gasteiger partial charge on any atom is 0.243 e. The fourth-order valence-corrected chi connectivity index (χ4v) is 4.66. The molecule has 0 aliphatic carbocycles. The number of anilines is 1. The molecule has 1 fully saturated rings. The van der Waals surface area contributed by atoms with E-state index in [0.29, 0.717) is 17.3 Å². The molecule has 0 bridgehead atoms. The minimum atomic E-state index is -3.64. The summed E-state index contributed by atoms with van der Waals surface area (Å²) in [6.45, 7) is 7.13. The van der Waals surface area contributed by atoms with E-state index in [1.165, 1.54) is 12.8 Å². The van der Waals surface area contributed by atoms with Crippen molar-refractivity contribution in [3.63, 3.8) is 0 Å². The van der Waals surface area contributed by atoms with Gasteiger partial charge in [0.05, 0.1) is 11.9 Å². The van der Waals surface area contributed by atoms with Gasteiger partial charge in [0, 0.05) is 11.6 Å². The van der Waals surface area contributed by atoms with Gasteiger partial charge in [0.25, 0.3) is 0 Å². The SMILES string of the molecule is Cc1ccc(Cl)cc1N([C@H](C)C(=O)NCCCN1CCCC1)S(C)(=O)=O. The van der Waals surface area contributed by atoms with Crippen LogP contribution in [0.2, 0.25) is 5.02 Å². The number of aryl methyl sites for hydroxylation is 1. The van der Waals surface area contributed by atoms with Gasteiger partial charge in [-0.1, -0.05) is 17.7 Å². The van der Waals surface area contributed by atoms with Crippen LogP contribution in [0.15, 0.2) is 18.2 Å². The predicted octanol–water partition coefficient (Wildman–Crippen LogP) is 2.41. The Morgan fingerprint density at radius 2 is 2.00 bits per heavy atom. The molecule has 0 spiro atoms. The van der Waals surface area contributed by atoms with Gasteiger partial charge in [0.1, 0.15) is 6.04 Å². The van der Waals surface area contributed by atoms with Crippen LogP contribution in [0, 0.1) is 6.92 Å². The molecule has 1 atom stereocenters. The Labute approximate surface area is 161 Å². The summed E-state index contributed by atoms with van der Waals surface area (Å²) in [6.07, 6.45) is 4.44. The van der Waals surface area contributed by atoms with E-state index in [9.17, 15) is 13.2 Å². The van der Waals surface area contributed by atoms with Crippen LogP contribution in [0.1, 0.15) is 31.7 Å². The summed E-state index contributed by atoms with van der Waals surface area (Å²) in [6, 6.07) is 4.17. The number of carbonyl (C=O) groups excluding carboxylic acids is 1. The number of halogens is 1. The Morgan fingerprint density at radius 3 is 2.62 bits per heavy atom. The first kappa shape index (κ1) is 21.0. The average molecular weight is 402 g/mol. The predicted molar refractivity (Wildman–Crippen MR) is 106 cm³/mol. The number of amides is 1. The van der Waals surface area contributed by atoms with E-state index in [4.69, 9.17) is 11.6 Å². The van der Waals surface area contributed by atoms with Gasteiger partial charge in [-0.2, -0.15) is 0 Å². The first-order chi connectivity index (χ1) is 12.2. The van der Waals surface area contributed by atoms with Crippen molar-refractivity contribution in [1.29, 1.82) is 0 Å². The highest BCUT2D eigenvalue weighted by molar-refractivity contribution is 7.92. The molecule has 1 aromatic carbocycles. The smallest absolute Gasteiger partial charge is 0.243 e. The van der Waals surface area contributed by atoms with Crippen LogP contribution >= 0.6 is 11.6 Å². The molecule has 1 aliphatic rings. The Morgan fingerprint density at radius 1 is 1.35 bits per heavy atom. The summed E-state index contributed by atoms with van der Waals surface area (Å²) < 4.78 is 25.8. The van der Waals surface area contributed by atoms with E-state index in [1.54, 1.807) is 32.0 Å².